The molecule has 0 amide bonds. The lowest BCUT2D eigenvalue weighted by Crippen LogP contribution is -2.47. The van der Waals surface area contributed by atoms with E-state index < -0.39 is 0 Å². The van der Waals surface area contributed by atoms with Gasteiger partial charge in [0.25, 0.3) is 0 Å². The summed E-state index contributed by atoms with van der Waals surface area (Å²) in [7, 11) is 1.67. The summed E-state index contributed by atoms with van der Waals surface area (Å²) in [6.07, 6.45) is 0.972. The average molecular weight is 358 g/mol. The van der Waals surface area contributed by atoms with E-state index in [1.54, 1.807) is 7.11 Å². The summed E-state index contributed by atoms with van der Waals surface area (Å²) in [6.45, 7) is 8.46. The minimum Gasteiger partial charge on any atom is -0.493 e. The van der Waals surface area contributed by atoms with Crippen LogP contribution in [-0.2, 0) is 11.3 Å². The zero-order valence-electron chi connectivity index (χ0n) is 13.0. The summed E-state index contributed by atoms with van der Waals surface area (Å²) >= 11 is 3.57. The molecule has 5 heteroatoms. The van der Waals surface area contributed by atoms with E-state index in [1.165, 1.54) is 5.56 Å². The first-order valence-corrected chi connectivity index (χ1v) is 8.15. The van der Waals surface area contributed by atoms with E-state index in [2.05, 4.69) is 41.2 Å². The number of methoxy groups -OCH3 is 1. The highest BCUT2D eigenvalue weighted by Crippen LogP contribution is 2.36. The van der Waals surface area contributed by atoms with Gasteiger partial charge in [-0.05, 0) is 40.0 Å². The van der Waals surface area contributed by atoms with Crippen LogP contribution in [0.25, 0.3) is 0 Å². The van der Waals surface area contributed by atoms with Gasteiger partial charge in [0.1, 0.15) is 0 Å². The molecule has 0 unspecified atom stereocenters. The summed E-state index contributed by atoms with van der Waals surface area (Å²) in [5, 5.41) is 3.49. The Morgan fingerprint density at radius 1 is 1.38 bits per heavy atom. The van der Waals surface area contributed by atoms with Crippen LogP contribution in [0.3, 0.4) is 0 Å². The molecule has 1 fully saturated rings. The Bertz CT molecular complexity index is 475. The van der Waals surface area contributed by atoms with Crippen LogP contribution in [0.4, 0.5) is 0 Å². The number of hydrogen-bond acceptors (Lipinski definition) is 4. The topological polar surface area (TPSA) is 39.7 Å². The Kier molecular flexibility index (Phi) is 5.90. The monoisotopic (exact) mass is 357 g/mol. The van der Waals surface area contributed by atoms with Crippen LogP contribution in [-0.4, -0.2) is 33.5 Å². The lowest BCUT2D eigenvalue weighted by molar-refractivity contribution is -0.0991. The maximum absolute atomic E-state index is 5.74. The van der Waals surface area contributed by atoms with Crippen LogP contribution < -0.4 is 14.8 Å². The van der Waals surface area contributed by atoms with Crippen molar-refractivity contribution < 1.29 is 14.2 Å². The highest BCUT2D eigenvalue weighted by atomic mass is 79.9. The normalized spacial score (nSPS) is 16.4. The van der Waals surface area contributed by atoms with E-state index in [9.17, 15) is 0 Å². The highest BCUT2D eigenvalue weighted by Gasteiger charge is 2.32. The molecule has 21 heavy (non-hydrogen) atoms. The van der Waals surface area contributed by atoms with Gasteiger partial charge in [-0.3, -0.25) is 0 Å². The third-order valence-corrected chi connectivity index (χ3v) is 4.11. The fourth-order valence-electron chi connectivity index (χ4n) is 2.28. The second-order valence-corrected chi connectivity index (χ2v) is 6.72. The van der Waals surface area contributed by atoms with Gasteiger partial charge in [-0.1, -0.05) is 13.8 Å². The molecule has 1 aliphatic heterocycles. The maximum atomic E-state index is 5.74. The minimum absolute atomic E-state index is 0.283. The van der Waals surface area contributed by atoms with Gasteiger partial charge in [0, 0.05) is 18.5 Å². The Morgan fingerprint density at radius 2 is 2.14 bits per heavy atom. The van der Waals surface area contributed by atoms with Crippen LogP contribution >= 0.6 is 15.9 Å². The van der Waals surface area contributed by atoms with E-state index >= 15 is 0 Å². The molecule has 0 atom stereocenters. The molecule has 0 spiro atoms. The quantitative estimate of drug-likeness (QED) is 0.774. The van der Waals surface area contributed by atoms with Gasteiger partial charge in [0.2, 0.25) is 0 Å². The second-order valence-electron chi connectivity index (χ2n) is 5.86. The van der Waals surface area contributed by atoms with Gasteiger partial charge in [0.15, 0.2) is 11.5 Å². The molecule has 2 rings (SSSR count). The smallest absolute Gasteiger partial charge is 0.175 e. The van der Waals surface area contributed by atoms with Crippen molar-refractivity contribution in [3.63, 3.8) is 0 Å². The van der Waals surface area contributed by atoms with Crippen molar-refractivity contribution in [1.82, 2.24) is 5.32 Å². The van der Waals surface area contributed by atoms with Crippen LogP contribution in [0.5, 0.6) is 11.5 Å². The van der Waals surface area contributed by atoms with E-state index in [-0.39, 0.29) is 5.41 Å². The van der Waals surface area contributed by atoms with Gasteiger partial charge in [-0.2, -0.15) is 0 Å². The Balaban J connectivity index is 1.98. The number of hydrogen-bond donors (Lipinski definition) is 1. The lowest BCUT2D eigenvalue weighted by Gasteiger charge is -2.38. The second kappa shape index (κ2) is 7.47. The Hall–Kier alpha value is -0.780. The summed E-state index contributed by atoms with van der Waals surface area (Å²) in [6, 6.07) is 4.11. The first-order chi connectivity index (χ1) is 10.1. The van der Waals surface area contributed by atoms with Crippen molar-refractivity contribution in [2.75, 3.05) is 33.5 Å². The molecule has 1 heterocycles. The largest absolute Gasteiger partial charge is 0.493 e. The predicted octanol–water partition coefficient (Wildman–Crippen LogP) is 3.37. The van der Waals surface area contributed by atoms with E-state index in [1.807, 2.05) is 6.07 Å². The Morgan fingerprint density at radius 3 is 2.71 bits per heavy atom. The zero-order valence-corrected chi connectivity index (χ0v) is 14.6. The van der Waals surface area contributed by atoms with E-state index in [4.69, 9.17) is 14.2 Å². The highest BCUT2D eigenvalue weighted by molar-refractivity contribution is 9.10. The van der Waals surface area contributed by atoms with Crippen LogP contribution in [0.15, 0.2) is 16.6 Å². The Labute approximate surface area is 135 Å². The molecule has 1 aromatic rings. The molecule has 1 aromatic carbocycles. The molecule has 4 nitrogen and oxygen atoms in total. The standard InChI is InChI=1S/C16H24BrNO3/c1-4-5-21-15-13(17)6-12(7-14(15)19-3)8-18-9-16(2)10-20-11-16/h6-7,18H,4-5,8-11H2,1-3H3. The fraction of sp³-hybridized carbons (Fsp3) is 0.625. The average Bonchev–Trinajstić information content (AvgIpc) is 2.44. The van der Waals surface area contributed by atoms with E-state index in [0.717, 1.165) is 48.7 Å². The predicted molar refractivity (Wildman–Crippen MR) is 87.1 cm³/mol. The molecular weight excluding hydrogens is 334 g/mol. The molecule has 0 radical (unpaired) electrons. The van der Waals surface area contributed by atoms with Crippen molar-refractivity contribution in [2.45, 2.75) is 26.8 Å². The third kappa shape index (κ3) is 4.34. The molecular formula is C16H24BrNO3. The van der Waals surface area contributed by atoms with Crippen LogP contribution in [0, 0.1) is 5.41 Å². The molecule has 118 valence electrons. The van der Waals surface area contributed by atoms with Gasteiger partial charge in [-0.15, -0.1) is 0 Å². The fourth-order valence-corrected chi connectivity index (χ4v) is 2.88. The van der Waals surface area contributed by atoms with Gasteiger partial charge in [0.05, 0.1) is 31.4 Å². The lowest BCUT2D eigenvalue weighted by atomic mass is 9.89. The first-order valence-electron chi connectivity index (χ1n) is 7.35. The number of nitrogens with one attached hydrogen (secondary N) is 1. The number of benzene rings is 1. The van der Waals surface area contributed by atoms with Crippen molar-refractivity contribution in [3.8, 4) is 11.5 Å². The molecule has 0 aliphatic carbocycles. The molecule has 0 bridgehead atoms. The van der Waals surface area contributed by atoms with Crippen molar-refractivity contribution in [1.29, 1.82) is 0 Å². The SMILES string of the molecule is CCCOc1c(Br)cc(CNCC2(C)COC2)cc1OC. The van der Waals surface area contributed by atoms with Gasteiger partial charge in [-0.25, -0.2) is 0 Å². The third-order valence-electron chi connectivity index (χ3n) is 3.52. The summed E-state index contributed by atoms with van der Waals surface area (Å²) in [5.74, 6) is 1.55. The molecule has 1 N–H and O–H groups in total. The first kappa shape index (κ1) is 16.6. The van der Waals surface area contributed by atoms with Gasteiger partial charge < -0.3 is 19.5 Å². The van der Waals surface area contributed by atoms with Crippen LogP contribution in [0.1, 0.15) is 25.8 Å². The maximum Gasteiger partial charge on any atom is 0.175 e. The summed E-state index contributed by atoms with van der Waals surface area (Å²) in [5.41, 5.74) is 1.46. The van der Waals surface area contributed by atoms with Crippen LogP contribution in [0.2, 0.25) is 0 Å². The van der Waals surface area contributed by atoms with Crippen molar-refractivity contribution >= 4 is 15.9 Å². The number of halogens is 1. The zero-order chi connectivity index (χ0) is 15.3. The summed E-state index contributed by atoms with van der Waals surface area (Å²) in [4.78, 5) is 0. The molecule has 0 saturated carbocycles. The number of rotatable bonds is 8. The van der Waals surface area contributed by atoms with E-state index in [0.29, 0.717) is 6.61 Å². The van der Waals surface area contributed by atoms with Crippen molar-refractivity contribution in [2.24, 2.45) is 5.41 Å². The molecule has 0 aromatic heterocycles. The molecule has 1 saturated heterocycles. The summed E-state index contributed by atoms with van der Waals surface area (Å²) < 4.78 is 17.4. The number of ether oxygens (including phenoxy) is 3. The minimum atomic E-state index is 0.283. The van der Waals surface area contributed by atoms with Gasteiger partial charge >= 0.3 is 0 Å². The molecule has 1 aliphatic rings. The van der Waals surface area contributed by atoms with Crippen molar-refractivity contribution in [3.05, 3.63) is 22.2 Å².